The Morgan fingerprint density at radius 1 is 1.17 bits per heavy atom. The number of methoxy groups -OCH3 is 1. The summed E-state index contributed by atoms with van der Waals surface area (Å²) in [5, 5.41) is 0. The van der Waals surface area contributed by atoms with Crippen molar-refractivity contribution >= 4 is 11.7 Å². The van der Waals surface area contributed by atoms with E-state index in [9.17, 15) is 9.59 Å². The van der Waals surface area contributed by atoms with Crippen LogP contribution in [0, 0.1) is 12.8 Å². The van der Waals surface area contributed by atoms with Crippen molar-refractivity contribution in [3.63, 3.8) is 0 Å². The Hall–Kier alpha value is -2.18. The number of likely N-dealkylation sites (N-methyl/N-ethyl adjacent to an activating group) is 1. The van der Waals surface area contributed by atoms with Crippen LogP contribution >= 0.6 is 0 Å². The minimum Gasteiger partial charge on any atom is -0.483 e. The molecule has 0 aromatic heterocycles. The van der Waals surface area contributed by atoms with Crippen LogP contribution in [-0.4, -0.2) is 68.0 Å². The lowest BCUT2D eigenvalue weighted by molar-refractivity contribution is -0.138. The largest absolute Gasteiger partial charge is 0.483 e. The molecule has 0 N–H and O–H groups in total. The van der Waals surface area contributed by atoms with Crippen molar-refractivity contribution in [3.8, 4) is 0 Å². The summed E-state index contributed by atoms with van der Waals surface area (Å²) in [6.45, 7) is 3.30. The minimum absolute atomic E-state index is 0.0806. The van der Waals surface area contributed by atoms with E-state index in [0.717, 1.165) is 30.5 Å². The molecule has 0 radical (unpaired) electrons. The van der Waals surface area contributed by atoms with Crippen molar-refractivity contribution in [3.05, 3.63) is 46.7 Å². The maximum absolute atomic E-state index is 13.5. The van der Waals surface area contributed by atoms with Gasteiger partial charge in [-0.25, -0.2) is 0 Å². The van der Waals surface area contributed by atoms with E-state index in [1.165, 1.54) is 0 Å². The van der Waals surface area contributed by atoms with Crippen LogP contribution in [0.15, 0.2) is 35.6 Å². The SMILES string of the molecule is COC1CCC2C(=O)C3=C(OC2C1)C(=O)N(CCN(C)C)C3c1ccc(C)cc1. The third-order valence-electron chi connectivity index (χ3n) is 6.41. The van der Waals surface area contributed by atoms with E-state index in [0.29, 0.717) is 18.5 Å². The van der Waals surface area contributed by atoms with Gasteiger partial charge in [-0.2, -0.15) is 0 Å². The van der Waals surface area contributed by atoms with Gasteiger partial charge in [0.2, 0.25) is 0 Å². The lowest BCUT2D eigenvalue weighted by Crippen LogP contribution is -2.43. The molecule has 4 atom stereocenters. The highest BCUT2D eigenvalue weighted by molar-refractivity contribution is 6.11. The first kappa shape index (κ1) is 20.1. The number of aryl methyl sites for hydroxylation is 1. The number of benzene rings is 1. The van der Waals surface area contributed by atoms with Gasteiger partial charge in [0.25, 0.3) is 5.91 Å². The van der Waals surface area contributed by atoms with Crippen LogP contribution in [0.2, 0.25) is 0 Å². The maximum Gasteiger partial charge on any atom is 0.290 e. The van der Waals surface area contributed by atoms with Crippen LogP contribution < -0.4 is 0 Å². The molecule has 0 saturated heterocycles. The Bertz CT molecular complexity index is 830. The fraction of sp³-hybridized carbons (Fsp3) is 0.565. The number of carbonyl (C=O) groups is 2. The Balaban J connectivity index is 1.72. The Morgan fingerprint density at radius 2 is 1.90 bits per heavy atom. The summed E-state index contributed by atoms with van der Waals surface area (Å²) in [4.78, 5) is 30.7. The predicted octanol–water partition coefficient (Wildman–Crippen LogP) is 2.48. The van der Waals surface area contributed by atoms with E-state index < -0.39 is 0 Å². The summed E-state index contributed by atoms with van der Waals surface area (Å²) in [5.41, 5.74) is 2.67. The van der Waals surface area contributed by atoms with Gasteiger partial charge in [-0.1, -0.05) is 29.8 Å². The summed E-state index contributed by atoms with van der Waals surface area (Å²) >= 11 is 0. The number of hydrogen-bond donors (Lipinski definition) is 0. The van der Waals surface area contributed by atoms with Gasteiger partial charge in [0.1, 0.15) is 6.10 Å². The molecule has 1 aliphatic carbocycles. The molecule has 4 unspecified atom stereocenters. The van der Waals surface area contributed by atoms with Crippen molar-refractivity contribution < 1.29 is 19.1 Å². The molecule has 29 heavy (non-hydrogen) atoms. The average Bonchev–Trinajstić information content (AvgIpc) is 2.99. The Labute approximate surface area is 172 Å². The van der Waals surface area contributed by atoms with Crippen molar-refractivity contribution in [1.29, 1.82) is 0 Å². The standard InChI is InChI=1S/C23H30N2O4/c1-14-5-7-15(8-6-14)20-19-21(26)17-10-9-16(28-4)13-18(17)29-22(19)23(27)25(20)12-11-24(2)3/h5-8,16-18,20H,9-13H2,1-4H3. The average molecular weight is 399 g/mol. The molecule has 1 aromatic carbocycles. The summed E-state index contributed by atoms with van der Waals surface area (Å²) < 4.78 is 11.7. The molecule has 0 bridgehead atoms. The zero-order valence-corrected chi connectivity index (χ0v) is 17.7. The van der Waals surface area contributed by atoms with Gasteiger partial charge in [0, 0.05) is 26.6 Å². The van der Waals surface area contributed by atoms with Crippen LogP contribution in [0.4, 0.5) is 0 Å². The molecule has 1 aromatic rings. The van der Waals surface area contributed by atoms with E-state index in [4.69, 9.17) is 9.47 Å². The lowest BCUT2D eigenvalue weighted by atomic mass is 9.76. The molecular formula is C23H30N2O4. The second kappa shape index (κ2) is 7.92. The zero-order valence-electron chi connectivity index (χ0n) is 17.7. The molecule has 4 rings (SSSR count). The molecule has 3 aliphatic rings. The molecule has 1 amide bonds. The summed E-state index contributed by atoms with van der Waals surface area (Å²) in [6, 6.07) is 7.73. The van der Waals surface area contributed by atoms with E-state index >= 15 is 0 Å². The van der Waals surface area contributed by atoms with Gasteiger partial charge in [-0.05, 0) is 39.4 Å². The predicted molar refractivity (Wildman–Crippen MR) is 109 cm³/mol. The number of hydrogen-bond acceptors (Lipinski definition) is 5. The quantitative estimate of drug-likeness (QED) is 0.763. The molecule has 2 heterocycles. The highest BCUT2D eigenvalue weighted by Gasteiger charge is 2.52. The highest BCUT2D eigenvalue weighted by Crippen LogP contribution is 2.46. The normalized spacial score (nSPS) is 29.2. The number of carbonyl (C=O) groups excluding carboxylic acids is 2. The van der Waals surface area contributed by atoms with Gasteiger partial charge < -0.3 is 19.3 Å². The smallest absolute Gasteiger partial charge is 0.290 e. The van der Waals surface area contributed by atoms with Crippen LogP contribution in [0.3, 0.4) is 0 Å². The van der Waals surface area contributed by atoms with E-state index in [-0.39, 0.29) is 41.6 Å². The maximum atomic E-state index is 13.5. The molecule has 2 aliphatic heterocycles. The molecule has 0 spiro atoms. The highest BCUT2D eigenvalue weighted by atomic mass is 16.5. The number of Topliss-reactive ketones (excluding diaryl/α,β-unsaturated/α-hetero) is 1. The third-order valence-corrected chi connectivity index (χ3v) is 6.41. The van der Waals surface area contributed by atoms with Gasteiger partial charge >= 0.3 is 0 Å². The number of nitrogens with zero attached hydrogens (tertiary/aromatic N) is 2. The van der Waals surface area contributed by atoms with Gasteiger partial charge in [-0.3, -0.25) is 9.59 Å². The monoisotopic (exact) mass is 398 g/mol. The topological polar surface area (TPSA) is 59.1 Å². The first-order valence-corrected chi connectivity index (χ1v) is 10.4. The fourth-order valence-electron chi connectivity index (χ4n) is 4.73. The second-order valence-corrected chi connectivity index (χ2v) is 8.66. The lowest BCUT2D eigenvalue weighted by Gasteiger charge is -2.38. The number of rotatable bonds is 5. The van der Waals surface area contributed by atoms with Crippen LogP contribution in [0.25, 0.3) is 0 Å². The van der Waals surface area contributed by atoms with Crippen molar-refractivity contribution in [2.45, 2.75) is 44.4 Å². The molecule has 6 heteroatoms. The summed E-state index contributed by atoms with van der Waals surface area (Å²) in [6.07, 6.45) is 2.06. The third kappa shape index (κ3) is 3.60. The number of amides is 1. The van der Waals surface area contributed by atoms with E-state index in [2.05, 4.69) is 0 Å². The van der Waals surface area contributed by atoms with Crippen molar-refractivity contribution in [1.82, 2.24) is 9.80 Å². The summed E-state index contributed by atoms with van der Waals surface area (Å²) in [7, 11) is 5.66. The van der Waals surface area contributed by atoms with Gasteiger partial charge in [-0.15, -0.1) is 0 Å². The first-order chi connectivity index (χ1) is 13.9. The summed E-state index contributed by atoms with van der Waals surface area (Å²) in [5.74, 6) is -0.0112. The van der Waals surface area contributed by atoms with Gasteiger partial charge in [0.15, 0.2) is 11.5 Å². The Kier molecular flexibility index (Phi) is 5.49. The molecular weight excluding hydrogens is 368 g/mol. The number of fused-ring (bicyclic) bond motifs is 1. The van der Waals surface area contributed by atoms with Crippen LogP contribution in [0.5, 0.6) is 0 Å². The molecule has 6 nitrogen and oxygen atoms in total. The molecule has 1 fully saturated rings. The van der Waals surface area contributed by atoms with Crippen molar-refractivity contribution in [2.75, 3.05) is 34.3 Å². The fourth-order valence-corrected chi connectivity index (χ4v) is 4.73. The minimum atomic E-state index is -0.369. The van der Waals surface area contributed by atoms with Gasteiger partial charge in [0.05, 0.1) is 23.6 Å². The first-order valence-electron chi connectivity index (χ1n) is 10.4. The van der Waals surface area contributed by atoms with E-state index in [1.807, 2.05) is 50.2 Å². The second-order valence-electron chi connectivity index (χ2n) is 8.66. The molecule has 156 valence electrons. The van der Waals surface area contributed by atoms with E-state index in [1.54, 1.807) is 12.0 Å². The molecule has 1 saturated carbocycles. The number of ketones is 1. The number of ether oxygens (including phenoxy) is 2. The van der Waals surface area contributed by atoms with Crippen molar-refractivity contribution in [2.24, 2.45) is 5.92 Å². The Morgan fingerprint density at radius 3 is 2.55 bits per heavy atom. The van der Waals surface area contributed by atoms with Crippen LogP contribution in [-0.2, 0) is 19.1 Å². The zero-order chi connectivity index (χ0) is 20.7. The van der Waals surface area contributed by atoms with Crippen LogP contribution in [0.1, 0.15) is 36.4 Å².